The summed E-state index contributed by atoms with van der Waals surface area (Å²) in [5.41, 5.74) is 0.102. The Balaban J connectivity index is 1.90. The topological polar surface area (TPSA) is 17.1 Å². The van der Waals surface area contributed by atoms with Gasteiger partial charge in [-0.15, -0.1) is 0 Å². The molecule has 2 fully saturated rings. The molecule has 0 bridgehead atoms. The number of rotatable bonds is 4. The average molecular weight is 240 g/mol. The van der Waals surface area contributed by atoms with E-state index in [1.54, 1.807) is 0 Å². The number of thioether (sulfide) groups is 1. The molecule has 1 aliphatic carbocycles. The van der Waals surface area contributed by atoms with Gasteiger partial charge in [0.25, 0.3) is 0 Å². The van der Waals surface area contributed by atoms with Crippen LogP contribution in [0.2, 0.25) is 0 Å². The van der Waals surface area contributed by atoms with Crippen molar-refractivity contribution in [2.24, 2.45) is 11.3 Å². The minimum atomic E-state index is 0.102. The molecule has 0 N–H and O–H groups in total. The third-order valence-electron chi connectivity index (χ3n) is 4.64. The molecule has 16 heavy (non-hydrogen) atoms. The Labute approximate surface area is 104 Å². The Bertz CT molecular complexity index is 237. The van der Waals surface area contributed by atoms with Gasteiger partial charge < -0.3 is 0 Å². The smallest absolute Gasteiger partial charge is 0.139 e. The molecule has 2 rings (SSSR count). The van der Waals surface area contributed by atoms with Crippen molar-refractivity contribution in [2.75, 3.05) is 11.5 Å². The highest BCUT2D eigenvalue weighted by Gasteiger charge is 2.39. The number of carbonyl (C=O) groups is 1. The third-order valence-corrected chi connectivity index (χ3v) is 5.69. The first-order chi connectivity index (χ1) is 7.77. The first-order valence-electron chi connectivity index (χ1n) is 6.88. The molecule has 0 unspecified atom stereocenters. The van der Waals surface area contributed by atoms with Gasteiger partial charge in [0.1, 0.15) is 5.78 Å². The highest BCUT2D eigenvalue weighted by Crippen LogP contribution is 2.43. The van der Waals surface area contributed by atoms with Crippen LogP contribution in [-0.2, 0) is 4.79 Å². The maximum absolute atomic E-state index is 12.5. The Morgan fingerprint density at radius 3 is 2.44 bits per heavy atom. The van der Waals surface area contributed by atoms with E-state index in [1.165, 1.54) is 50.0 Å². The Hall–Kier alpha value is 0.0200. The lowest BCUT2D eigenvalue weighted by atomic mass is 9.75. The predicted molar refractivity (Wildman–Crippen MR) is 70.9 cm³/mol. The van der Waals surface area contributed by atoms with Crippen molar-refractivity contribution in [1.29, 1.82) is 0 Å². The van der Waals surface area contributed by atoms with Crippen LogP contribution in [0.4, 0.5) is 0 Å². The van der Waals surface area contributed by atoms with Gasteiger partial charge >= 0.3 is 0 Å². The largest absolute Gasteiger partial charge is 0.299 e. The van der Waals surface area contributed by atoms with Gasteiger partial charge in [0, 0.05) is 11.8 Å². The lowest BCUT2D eigenvalue weighted by Crippen LogP contribution is -2.29. The maximum Gasteiger partial charge on any atom is 0.139 e. The molecule has 0 spiro atoms. The number of ketones is 1. The summed E-state index contributed by atoms with van der Waals surface area (Å²) >= 11 is 2.05. The quantitative estimate of drug-likeness (QED) is 0.737. The number of hydrogen-bond acceptors (Lipinski definition) is 2. The number of carbonyl (C=O) groups excluding carboxylic acids is 1. The number of Topliss-reactive ketones (excluding diaryl/α,β-unsaturated/α-hetero) is 1. The molecule has 2 aliphatic rings. The second-order valence-corrected chi connectivity index (χ2v) is 6.75. The van der Waals surface area contributed by atoms with Crippen LogP contribution in [0.25, 0.3) is 0 Å². The van der Waals surface area contributed by atoms with Crippen LogP contribution in [0.5, 0.6) is 0 Å². The summed E-state index contributed by atoms with van der Waals surface area (Å²) in [5.74, 6) is 3.86. The van der Waals surface area contributed by atoms with Crippen LogP contribution in [0.1, 0.15) is 58.3 Å². The molecule has 0 amide bonds. The van der Waals surface area contributed by atoms with Crippen LogP contribution < -0.4 is 0 Å². The van der Waals surface area contributed by atoms with Crippen molar-refractivity contribution >= 4 is 17.5 Å². The maximum atomic E-state index is 12.5. The van der Waals surface area contributed by atoms with E-state index in [0.717, 1.165) is 12.8 Å². The summed E-state index contributed by atoms with van der Waals surface area (Å²) in [5, 5.41) is 0. The summed E-state index contributed by atoms with van der Waals surface area (Å²) in [4.78, 5) is 12.5. The summed E-state index contributed by atoms with van der Waals surface area (Å²) in [6.45, 7) is 2.21. The van der Waals surface area contributed by atoms with E-state index in [1.807, 2.05) is 0 Å². The molecule has 1 aliphatic heterocycles. The first kappa shape index (κ1) is 12.5. The van der Waals surface area contributed by atoms with E-state index in [4.69, 9.17) is 0 Å². The standard InChI is InChI=1S/C14H24OS/c1-2-14(7-3-4-8-14)13(15)11-12-5-9-16-10-6-12/h12H,2-11H2,1H3. The van der Waals surface area contributed by atoms with E-state index in [0.29, 0.717) is 11.7 Å². The fraction of sp³-hybridized carbons (Fsp3) is 0.929. The zero-order chi connectivity index (χ0) is 11.4. The molecule has 1 saturated carbocycles. The van der Waals surface area contributed by atoms with Gasteiger partial charge in [-0.25, -0.2) is 0 Å². The molecular formula is C14H24OS. The lowest BCUT2D eigenvalue weighted by molar-refractivity contribution is -0.129. The highest BCUT2D eigenvalue weighted by atomic mass is 32.2. The first-order valence-corrected chi connectivity index (χ1v) is 8.03. The van der Waals surface area contributed by atoms with Gasteiger partial charge in [0.05, 0.1) is 0 Å². The molecule has 0 aromatic rings. The molecule has 1 saturated heterocycles. The molecule has 0 radical (unpaired) electrons. The second kappa shape index (κ2) is 5.57. The molecule has 1 nitrogen and oxygen atoms in total. The predicted octanol–water partition coefficient (Wildman–Crippen LogP) is 4.06. The van der Waals surface area contributed by atoms with E-state index in [-0.39, 0.29) is 5.41 Å². The SMILES string of the molecule is CCC1(C(=O)CC2CCSCC2)CCCC1. The van der Waals surface area contributed by atoms with Gasteiger partial charge in [-0.2, -0.15) is 11.8 Å². The van der Waals surface area contributed by atoms with Crippen LogP contribution in [0.3, 0.4) is 0 Å². The van der Waals surface area contributed by atoms with E-state index in [9.17, 15) is 4.79 Å². The van der Waals surface area contributed by atoms with Crippen molar-refractivity contribution in [3.63, 3.8) is 0 Å². The summed E-state index contributed by atoms with van der Waals surface area (Å²) in [6, 6.07) is 0. The summed E-state index contributed by atoms with van der Waals surface area (Å²) < 4.78 is 0. The Morgan fingerprint density at radius 1 is 1.25 bits per heavy atom. The highest BCUT2D eigenvalue weighted by molar-refractivity contribution is 7.99. The monoisotopic (exact) mass is 240 g/mol. The van der Waals surface area contributed by atoms with Gasteiger partial charge in [-0.1, -0.05) is 19.8 Å². The normalized spacial score (nSPS) is 25.8. The van der Waals surface area contributed by atoms with Crippen molar-refractivity contribution in [3.05, 3.63) is 0 Å². The Kier molecular flexibility index (Phi) is 4.34. The summed E-state index contributed by atoms with van der Waals surface area (Å²) in [7, 11) is 0. The molecule has 2 heteroatoms. The van der Waals surface area contributed by atoms with Crippen molar-refractivity contribution in [3.8, 4) is 0 Å². The van der Waals surface area contributed by atoms with E-state index >= 15 is 0 Å². The zero-order valence-corrected chi connectivity index (χ0v) is 11.3. The minimum Gasteiger partial charge on any atom is -0.299 e. The second-order valence-electron chi connectivity index (χ2n) is 5.52. The van der Waals surface area contributed by atoms with Crippen LogP contribution in [0.15, 0.2) is 0 Å². The summed E-state index contributed by atoms with van der Waals surface area (Å²) in [6.07, 6.45) is 9.40. The van der Waals surface area contributed by atoms with Crippen molar-refractivity contribution in [2.45, 2.75) is 58.3 Å². The van der Waals surface area contributed by atoms with E-state index in [2.05, 4.69) is 18.7 Å². The van der Waals surface area contributed by atoms with Crippen molar-refractivity contribution in [1.82, 2.24) is 0 Å². The van der Waals surface area contributed by atoms with Gasteiger partial charge in [-0.05, 0) is 49.5 Å². The van der Waals surface area contributed by atoms with Crippen LogP contribution >= 0.6 is 11.8 Å². The van der Waals surface area contributed by atoms with Crippen molar-refractivity contribution < 1.29 is 4.79 Å². The lowest BCUT2D eigenvalue weighted by Gasteiger charge is -2.29. The molecule has 1 heterocycles. The van der Waals surface area contributed by atoms with Gasteiger partial charge in [-0.3, -0.25) is 4.79 Å². The molecular weight excluding hydrogens is 216 g/mol. The Morgan fingerprint density at radius 2 is 1.88 bits per heavy atom. The molecule has 92 valence electrons. The fourth-order valence-electron chi connectivity index (χ4n) is 3.31. The average Bonchev–Trinajstić information content (AvgIpc) is 2.80. The third kappa shape index (κ3) is 2.64. The number of hydrogen-bond donors (Lipinski definition) is 0. The van der Waals surface area contributed by atoms with Gasteiger partial charge in [0.15, 0.2) is 0 Å². The molecule has 0 aromatic carbocycles. The zero-order valence-electron chi connectivity index (χ0n) is 10.5. The van der Waals surface area contributed by atoms with Gasteiger partial charge in [0.2, 0.25) is 0 Å². The van der Waals surface area contributed by atoms with Crippen LogP contribution in [0, 0.1) is 11.3 Å². The molecule has 0 atom stereocenters. The van der Waals surface area contributed by atoms with Crippen LogP contribution in [-0.4, -0.2) is 17.3 Å². The molecule has 0 aromatic heterocycles. The fourth-order valence-corrected chi connectivity index (χ4v) is 4.51. The van der Waals surface area contributed by atoms with E-state index < -0.39 is 0 Å². The minimum absolute atomic E-state index is 0.102.